The molecule has 0 bridgehead atoms. The van der Waals surface area contributed by atoms with Gasteiger partial charge in [-0.1, -0.05) is 36.3 Å². The summed E-state index contributed by atoms with van der Waals surface area (Å²) in [7, 11) is 1.69. The second kappa shape index (κ2) is 6.02. The lowest BCUT2D eigenvalue weighted by Gasteiger charge is -2.21. The molecule has 1 aromatic heterocycles. The molecule has 4 heteroatoms. The van der Waals surface area contributed by atoms with Gasteiger partial charge >= 0.3 is 0 Å². The van der Waals surface area contributed by atoms with Crippen LogP contribution < -0.4 is 5.73 Å². The number of anilines is 1. The Kier molecular flexibility index (Phi) is 4.35. The molecular formula is C17H21N3O. The molecule has 0 atom stereocenters. The number of methoxy groups -OCH3 is 1. The van der Waals surface area contributed by atoms with Crippen molar-refractivity contribution in [1.82, 2.24) is 9.55 Å². The molecule has 1 aromatic carbocycles. The highest BCUT2D eigenvalue weighted by atomic mass is 16.5. The number of hydrogen-bond donors (Lipinski definition) is 1. The van der Waals surface area contributed by atoms with Crippen LogP contribution in [0.25, 0.3) is 11.4 Å². The number of nitrogens with two attached hydrogens (primary N) is 1. The Morgan fingerprint density at radius 3 is 2.57 bits per heavy atom. The first-order valence-corrected chi connectivity index (χ1v) is 6.87. The molecule has 0 saturated heterocycles. The van der Waals surface area contributed by atoms with E-state index < -0.39 is 0 Å². The van der Waals surface area contributed by atoms with Gasteiger partial charge in [-0.15, -0.1) is 6.42 Å². The van der Waals surface area contributed by atoms with Crippen LogP contribution in [0.15, 0.2) is 30.3 Å². The van der Waals surface area contributed by atoms with Crippen molar-refractivity contribution in [3.8, 4) is 23.7 Å². The van der Waals surface area contributed by atoms with E-state index in [0.29, 0.717) is 18.8 Å². The summed E-state index contributed by atoms with van der Waals surface area (Å²) in [5, 5.41) is 0. The summed E-state index contributed by atoms with van der Waals surface area (Å²) in [6, 6.07) is 9.91. The van der Waals surface area contributed by atoms with Crippen LogP contribution in [0.5, 0.6) is 0 Å². The van der Waals surface area contributed by atoms with Gasteiger partial charge in [-0.3, -0.25) is 4.57 Å². The van der Waals surface area contributed by atoms with Gasteiger partial charge in [0.2, 0.25) is 0 Å². The van der Waals surface area contributed by atoms with Crippen molar-refractivity contribution in [2.24, 2.45) is 0 Å². The Labute approximate surface area is 125 Å². The van der Waals surface area contributed by atoms with Crippen LogP contribution in [0, 0.1) is 12.3 Å². The van der Waals surface area contributed by atoms with Gasteiger partial charge < -0.3 is 10.5 Å². The molecule has 4 nitrogen and oxygen atoms in total. The van der Waals surface area contributed by atoms with E-state index in [1.165, 1.54) is 0 Å². The predicted octanol–water partition coefficient (Wildman–Crippen LogP) is 2.73. The minimum absolute atomic E-state index is 0.322. The lowest BCUT2D eigenvalue weighted by Crippen LogP contribution is -2.26. The molecule has 0 aliphatic carbocycles. The van der Waals surface area contributed by atoms with Gasteiger partial charge in [0.1, 0.15) is 11.6 Å². The monoisotopic (exact) mass is 283 g/mol. The highest BCUT2D eigenvalue weighted by Crippen LogP contribution is 2.27. The van der Waals surface area contributed by atoms with Crippen LogP contribution in [-0.4, -0.2) is 22.3 Å². The number of imidazole rings is 1. The molecule has 2 rings (SSSR count). The van der Waals surface area contributed by atoms with Crippen molar-refractivity contribution in [2.45, 2.75) is 32.4 Å². The van der Waals surface area contributed by atoms with E-state index in [4.69, 9.17) is 21.9 Å². The summed E-state index contributed by atoms with van der Waals surface area (Å²) < 4.78 is 7.34. The SMILES string of the molecule is C#CCn1c(-c2ccccc2)nc(CC(C)(C)OC)c1N. The second-order valence-corrected chi connectivity index (χ2v) is 5.56. The maximum absolute atomic E-state index is 6.24. The molecule has 1 heterocycles. The highest BCUT2D eigenvalue weighted by Gasteiger charge is 2.23. The zero-order valence-corrected chi connectivity index (χ0v) is 12.8. The number of rotatable bonds is 5. The summed E-state index contributed by atoms with van der Waals surface area (Å²) in [5.74, 6) is 4.04. The minimum atomic E-state index is -0.322. The molecule has 110 valence electrons. The van der Waals surface area contributed by atoms with Crippen LogP contribution in [0.2, 0.25) is 0 Å². The first-order chi connectivity index (χ1) is 9.98. The number of nitrogens with zero attached hydrogens (tertiary/aromatic N) is 2. The number of ether oxygens (including phenoxy) is 1. The molecule has 0 radical (unpaired) electrons. The van der Waals surface area contributed by atoms with E-state index in [-0.39, 0.29) is 5.60 Å². The summed E-state index contributed by atoms with van der Waals surface area (Å²) in [4.78, 5) is 4.69. The second-order valence-electron chi connectivity index (χ2n) is 5.56. The van der Waals surface area contributed by atoms with E-state index in [2.05, 4.69) is 5.92 Å². The Bertz CT molecular complexity index is 651. The van der Waals surface area contributed by atoms with E-state index in [1.54, 1.807) is 7.11 Å². The topological polar surface area (TPSA) is 53.1 Å². The average molecular weight is 283 g/mol. The lowest BCUT2D eigenvalue weighted by molar-refractivity contribution is 0.0226. The smallest absolute Gasteiger partial charge is 0.142 e. The van der Waals surface area contributed by atoms with Gasteiger partial charge in [0, 0.05) is 19.1 Å². The fourth-order valence-electron chi connectivity index (χ4n) is 2.18. The quantitative estimate of drug-likeness (QED) is 0.858. The average Bonchev–Trinajstić information content (AvgIpc) is 2.77. The summed E-state index contributed by atoms with van der Waals surface area (Å²) in [5.41, 5.74) is 7.73. The summed E-state index contributed by atoms with van der Waals surface area (Å²) >= 11 is 0. The molecule has 0 spiro atoms. The molecular weight excluding hydrogens is 262 g/mol. The molecule has 2 N–H and O–H groups in total. The van der Waals surface area contributed by atoms with Crippen molar-refractivity contribution in [2.75, 3.05) is 12.8 Å². The Balaban J connectivity index is 2.49. The maximum Gasteiger partial charge on any atom is 0.142 e. The third-order valence-corrected chi connectivity index (χ3v) is 3.51. The van der Waals surface area contributed by atoms with E-state index >= 15 is 0 Å². The molecule has 0 fully saturated rings. The fraction of sp³-hybridized carbons (Fsp3) is 0.353. The number of aromatic nitrogens is 2. The number of nitrogen functional groups attached to an aromatic ring is 1. The van der Waals surface area contributed by atoms with Crippen LogP contribution >= 0.6 is 0 Å². The normalized spacial score (nSPS) is 11.3. The molecule has 0 aliphatic rings. The maximum atomic E-state index is 6.24. The first kappa shape index (κ1) is 15.1. The summed E-state index contributed by atoms with van der Waals surface area (Å²) in [6.45, 7) is 4.42. The number of hydrogen-bond acceptors (Lipinski definition) is 3. The van der Waals surface area contributed by atoms with Crippen LogP contribution in [0.1, 0.15) is 19.5 Å². The van der Waals surface area contributed by atoms with Crippen LogP contribution in [0.4, 0.5) is 5.82 Å². The fourth-order valence-corrected chi connectivity index (χ4v) is 2.18. The van der Waals surface area contributed by atoms with Crippen molar-refractivity contribution in [3.05, 3.63) is 36.0 Å². The zero-order valence-electron chi connectivity index (χ0n) is 12.8. The van der Waals surface area contributed by atoms with Gasteiger partial charge in [-0.05, 0) is 13.8 Å². The Hall–Kier alpha value is -2.25. The number of terminal acetylenes is 1. The molecule has 0 saturated carbocycles. The van der Waals surface area contributed by atoms with Gasteiger partial charge in [0.15, 0.2) is 0 Å². The summed E-state index contributed by atoms with van der Waals surface area (Å²) in [6.07, 6.45) is 6.09. The third kappa shape index (κ3) is 3.26. The van der Waals surface area contributed by atoms with E-state index in [1.807, 2.05) is 48.7 Å². The van der Waals surface area contributed by atoms with Crippen molar-refractivity contribution in [1.29, 1.82) is 0 Å². The van der Waals surface area contributed by atoms with Crippen molar-refractivity contribution >= 4 is 5.82 Å². The Morgan fingerprint density at radius 1 is 1.33 bits per heavy atom. The van der Waals surface area contributed by atoms with Gasteiger partial charge in [0.05, 0.1) is 17.8 Å². The largest absolute Gasteiger partial charge is 0.384 e. The van der Waals surface area contributed by atoms with E-state index in [9.17, 15) is 0 Å². The van der Waals surface area contributed by atoms with E-state index in [0.717, 1.165) is 17.1 Å². The third-order valence-electron chi connectivity index (χ3n) is 3.51. The van der Waals surface area contributed by atoms with Gasteiger partial charge in [-0.25, -0.2) is 4.98 Å². The van der Waals surface area contributed by atoms with Gasteiger partial charge in [0.25, 0.3) is 0 Å². The predicted molar refractivity (Wildman–Crippen MR) is 85.7 cm³/mol. The molecule has 2 aromatic rings. The molecule has 0 amide bonds. The number of benzene rings is 1. The standard InChI is InChI=1S/C17H21N3O/c1-5-11-20-15(18)14(12-17(2,3)21-4)19-16(20)13-9-7-6-8-10-13/h1,6-10H,11-12,18H2,2-4H3. The lowest BCUT2D eigenvalue weighted by atomic mass is 10.0. The van der Waals surface area contributed by atoms with Crippen LogP contribution in [0.3, 0.4) is 0 Å². The molecule has 0 unspecified atom stereocenters. The van der Waals surface area contributed by atoms with Gasteiger partial charge in [-0.2, -0.15) is 0 Å². The molecule has 0 aliphatic heterocycles. The first-order valence-electron chi connectivity index (χ1n) is 6.87. The van der Waals surface area contributed by atoms with Crippen molar-refractivity contribution in [3.63, 3.8) is 0 Å². The highest BCUT2D eigenvalue weighted by molar-refractivity contribution is 5.60. The Morgan fingerprint density at radius 2 is 2.00 bits per heavy atom. The van der Waals surface area contributed by atoms with Crippen LogP contribution in [-0.2, 0) is 17.7 Å². The molecule has 21 heavy (non-hydrogen) atoms. The minimum Gasteiger partial charge on any atom is -0.384 e. The zero-order chi connectivity index (χ0) is 15.5. The van der Waals surface area contributed by atoms with Crippen molar-refractivity contribution < 1.29 is 4.74 Å².